The minimum absolute atomic E-state index is 0.544. The second-order valence-electron chi connectivity index (χ2n) is 4.82. The summed E-state index contributed by atoms with van der Waals surface area (Å²) >= 11 is 5.98. The van der Waals surface area contributed by atoms with Crippen LogP contribution in [0.2, 0.25) is 5.02 Å². The van der Waals surface area contributed by atoms with Crippen LogP contribution in [-0.4, -0.2) is 40.2 Å². The minimum Gasteiger partial charge on any atom is -0.383 e. The van der Waals surface area contributed by atoms with E-state index in [4.69, 9.17) is 16.3 Å². The van der Waals surface area contributed by atoms with Crippen molar-refractivity contribution in [3.8, 4) is 22.6 Å². The van der Waals surface area contributed by atoms with Crippen molar-refractivity contribution in [2.24, 2.45) is 0 Å². The topological polar surface area (TPSA) is 75.7 Å². The molecule has 0 saturated heterocycles. The zero-order chi connectivity index (χ0) is 16.1. The number of ether oxygens (including phenoxy) is 1. The molecular weight excluding hydrogens is 314 g/mol. The largest absolute Gasteiger partial charge is 0.383 e. The molecule has 0 aliphatic heterocycles. The van der Waals surface area contributed by atoms with E-state index in [0.29, 0.717) is 24.1 Å². The predicted octanol–water partition coefficient (Wildman–Crippen LogP) is 3.25. The molecule has 0 fully saturated rings. The molecule has 0 amide bonds. The lowest BCUT2D eigenvalue weighted by Crippen LogP contribution is -2.10. The monoisotopic (exact) mass is 329 g/mol. The van der Waals surface area contributed by atoms with Crippen LogP contribution in [0.3, 0.4) is 0 Å². The molecule has 1 aromatic carbocycles. The van der Waals surface area contributed by atoms with Crippen LogP contribution in [0.5, 0.6) is 0 Å². The van der Waals surface area contributed by atoms with E-state index in [0.717, 1.165) is 22.6 Å². The first-order chi connectivity index (χ1) is 11.3. The molecule has 0 unspecified atom stereocenters. The summed E-state index contributed by atoms with van der Waals surface area (Å²) < 4.78 is 5.03. The molecule has 7 heteroatoms. The van der Waals surface area contributed by atoms with E-state index in [-0.39, 0.29) is 0 Å². The zero-order valence-corrected chi connectivity index (χ0v) is 13.3. The fraction of sp³-hybridized carbons (Fsp3) is 0.188. The van der Waals surface area contributed by atoms with Crippen molar-refractivity contribution in [2.75, 3.05) is 25.6 Å². The van der Waals surface area contributed by atoms with Crippen LogP contribution >= 0.6 is 11.6 Å². The van der Waals surface area contributed by atoms with E-state index in [2.05, 4.69) is 25.3 Å². The summed E-state index contributed by atoms with van der Waals surface area (Å²) in [6.07, 6.45) is 5.22. The Bertz CT molecular complexity index is 759. The highest BCUT2D eigenvalue weighted by Crippen LogP contribution is 2.29. The first-order valence-electron chi connectivity index (χ1n) is 7.13. The molecule has 0 saturated carbocycles. The van der Waals surface area contributed by atoms with Crippen LogP contribution in [0.4, 0.5) is 5.95 Å². The molecule has 3 aromatic rings. The van der Waals surface area contributed by atoms with Gasteiger partial charge in [0.2, 0.25) is 5.95 Å². The summed E-state index contributed by atoms with van der Waals surface area (Å²) in [5.74, 6) is 1.26. The normalized spacial score (nSPS) is 10.7. The highest BCUT2D eigenvalue weighted by Gasteiger charge is 2.13. The summed E-state index contributed by atoms with van der Waals surface area (Å²) in [7, 11) is 1.65. The molecule has 23 heavy (non-hydrogen) atoms. The first-order valence-corrected chi connectivity index (χ1v) is 7.51. The van der Waals surface area contributed by atoms with Gasteiger partial charge in [0.15, 0.2) is 0 Å². The number of methoxy groups -OCH3 is 1. The highest BCUT2D eigenvalue weighted by atomic mass is 35.5. The number of aromatic nitrogens is 4. The zero-order valence-electron chi connectivity index (χ0n) is 12.6. The molecule has 0 aliphatic rings. The number of aromatic amines is 1. The van der Waals surface area contributed by atoms with Crippen molar-refractivity contribution in [3.63, 3.8) is 0 Å². The molecule has 0 atom stereocenters. The lowest BCUT2D eigenvalue weighted by atomic mass is 10.1. The Balaban J connectivity index is 2.01. The number of halogens is 1. The molecular formula is C16H16ClN5O. The third kappa shape index (κ3) is 3.67. The first kappa shape index (κ1) is 15.5. The quantitative estimate of drug-likeness (QED) is 0.679. The number of hydrogen-bond donors (Lipinski definition) is 2. The number of imidazole rings is 1. The number of benzene rings is 1. The third-order valence-electron chi connectivity index (χ3n) is 3.25. The summed E-state index contributed by atoms with van der Waals surface area (Å²) in [6, 6.07) is 7.53. The maximum Gasteiger partial charge on any atom is 0.223 e. The summed E-state index contributed by atoms with van der Waals surface area (Å²) in [5, 5.41) is 3.82. The number of nitrogens with one attached hydrogen (secondary N) is 2. The van der Waals surface area contributed by atoms with Crippen molar-refractivity contribution >= 4 is 17.5 Å². The molecule has 2 heterocycles. The molecule has 0 spiro atoms. The van der Waals surface area contributed by atoms with Crippen LogP contribution in [0, 0.1) is 0 Å². The standard InChI is InChI=1S/C16H16ClN5O/c1-23-9-8-20-16-21-10-13(15-18-6-7-19-15)14(22-16)11-2-4-12(17)5-3-11/h2-7,10H,8-9H2,1H3,(H,18,19)(H,20,21,22). The van der Waals surface area contributed by atoms with E-state index in [1.807, 2.05) is 24.3 Å². The van der Waals surface area contributed by atoms with Crippen molar-refractivity contribution in [1.82, 2.24) is 19.9 Å². The summed E-state index contributed by atoms with van der Waals surface area (Å²) in [4.78, 5) is 16.3. The molecule has 6 nitrogen and oxygen atoms in total. The Kier molecular flexibility index (Phi) is 4.85. The number of rotatable bonds is 6. The van der Waals surface area contributed by atoms with Gasteiger partial charge in [-0.2, -0.15) is 0 Å². The lowest BCUT2D eigenvalue weighted by molar-refractivity contribution is 0.210. The van der Waals surface area contributed by atoms with Crippen LogP contribution in [0.25, 0.3) is 22.6 Å². The molecule has 0 aliphatic carbocycles. The highest BCUT2D eigenvalue weighted by molar-refractivity contribution is 6.30. The molecule has 3 rings (SSSR count). The van der Waals surface area contributed by atoms with E-state index in [9.17, 15) is 0 Å². The van der Waals surface area contributed by atoms with Gasteiger partial charge >= 0.3 is 0 Å². The number of H-pyrrole nitrogens is 1. The van der Waals surface area contributed by atoms with Gasteiger partial charge in [-0.25, -0.2) is 15.0 Å². The number of nitrogens with zero attached hydrogens (tertiary/aromatic N) is 3. The molecule has 2 N–H and O–H groups in total. The van der Waals surface area contributed by atoms with Crippen LogP contribution < -0.4 is 5.32 Å². The smallest absolute Gasteiger partial charge is 0.223 e. The van der Waals surface area contributed by atoms with Crippen LogP contribution in [-0.2, 0) is 4.74 Å². The molecule has 118 valence electrons. The Morgan fingerprint density at radius 3 is 2.74 bits per heavy atom. The summed E-state index contributed by atoms with van der Waals surface area (Å²) in [5.41, 5.74) is 2.55. The SMILES string of the molecule is COCCNc1ncc(-c2ncc[nH]2)c(-c2ccc(Cl)cc2)n1. The number of hydrogen-bond acceptors (Lipinski definition) is 5. The average molecular weight is 330 g/mol. The van der Waals surface area contributed by atoms with Gasteiger partial charge in [0.1, 0.15) is 5.82 Å². The maximum absolute atomic E-state index is 5.98. The third-order valence-corrected chi connectivity index (χ3v) is 3.50. The lowest BCUT2D eigenvalue weighted by Gasteiger charge is -2.10. The molecule has 0 bridgehead atoms. The summed E-state index contributed by atoms with van der Waals surface area (Å²) in [6.45, 7) is 1.22. The van der Waals surface area contributed by atoms with Crippen molar-refractivity contribution in [3.05, 3.63) is 47.9 Å². The van der Waals surface area contributed by atoms with Crippen LogP contribution in [0.15, 0.2) is 42.9 Å². The fourth-order valence-corrected chi connectivity index (χ4v) is 2.27. The Morgan fingerprint density at radius 2 is 2.04 bits per heavy atom. The van der Waals surface area contributed by atoms with Gasteiger partial charge in [0, 0.05) is 42.8 Å². The minimum atomic E-state index is 0.544. The van der Waals surface area contributed by atoms with Crippen molar-refractivity contribution in [1.29, 1.82) is 0 Å². The van der Waals surface area contributed by atoms with E-state index < -0.39 is 0 Å². The van der Waals surface area contributed by atoms with E-state index in [1.54, 1.807) is 25.7 Å². The van der Waals surface area contributed by atoms with Gasteiger partial charge in [0.05, 0.1) is 17.9 Å². The average Bonchev–Trinajstić information content (AvgIpc) is 3.10. The molecule has 0 radical (unpaired) electrons. The predicted molar refractivity (Wildman–Crippen MR) is 90.4 cm³/mol. The van der Waals surface area contributed by atoms with Gasteiger partial charge in [-0.15, -0.1) is 0 Å². The van der Waals surface area contributed by atoms with E-state index >= 15 is 0 Å². The number of anilines is 1. The second kappa shape index (κ2) is 7.21. The van der Waals surface area contributed by atoms with Gasteiger partial charge in [-0.1, -0.05) is 23.7 Å². The van der Waals surface area contributed by atoms with Gasteiger partial charge < -0.3 is 15.0 Å². The fourth-order valence-electron chi connectivity index (χ4n) is 2.15. The van der Waals surface area contributed by atoms with Gasteiger partial charge in [-0.05, 0) is 12.1 Å². The van der Waals surface area contributed by atoms with Crippen molar-refractivity contribution in [2.45, 2.75) is 0 Å². The Hall–Kier alpha value is -2.44. The van der Waals surface area contributed by atoms with Crippen molar-refractivity contribution < 1.29 is 4.74 Å². The second-order valence-corrected chi connectivity index (χ2v) is 5.26. The van der Waals surface area contributed by atoms with E-state index in [1.165, 1.54) is 0 Å². The van der Waals surface area contributed by atoms with Crippen LogP contribution in [0.1, 0.15) is 0 Å². The maximum atomic E-state index is 5.98. The Morgan fingerprint density at radius 1 is 1.22 bits per heavy atom. The Labute approximate surface area is 138 Å². The molecule has 2 aromatic heterocycles. The van der Waals surface area contributed by atoms with Gasteiger partial charge in [-0.3, -0.25) is 0 Å². The van der Waals surface area contributed by atoms with Gasteiger partial charge in [0.25, 0.3) is 0 Å².